The van der Waals surface area contributed by atoms with Crippen LogP contribution in [0.1, 0.15) is 41.7 Å². The average molecular weight is 475 g/mol. The van der Waals surface area contributed by atoms with Gasteiger partial charge in [-0.25, -0.2) is 15.8 Å². The Kier molecular flexibility index (Phi) is 5.45. The van der Waals surface area contributed by atoms with Crippen molar-refractivity contribution in [2.45, 2.75) is 43.9 Å². The molecule has 1 aliphatic rings. The van der Waals surface area contributed by atoms with Crippen LogP contribution in [0, 0.1) is 0 Å². The number of alkyl halides is 3. The molecule has 1 fully saturated rings. The van der Waals surface area contributed by atoms with Gasteiger partial charge in [0.15, 0.2) is 5.69 Å². The van der Waals surface area contributed by atoms with E-state index in [1.54, 1.807) is 35.8 Å². The summed E-state index contributed by atoms with van der Waals surface area (Å²) in [6.45, 7) is 0. The van der Waals surface area contributed by atoms with Crippen LogP contribution >= 0.6 is 11.3 Å². The zero-order valence-electron chi connectivity index (χ0n) is 17.4. The molecule has 1 saturated carbocycles. The molecule has 0 atom stereocenters. The van der Waals surface area contributed by atoms with Crippen molar-refractivity contribution in [2.75, 3.05) is 5.32 Å². The molecule has 11 heteroatoms. The summed E-state index contributed by atoms with van der Waals surface area (Å²) in [5.74, 6) is 6.55. The molecule has 0 saturated heterocycles. The first-order chi connectivity index (χ1) is 15.8. The van der Waals surface area contributed by atoms with Crippen molar-refractivity contribution in [1.29, 1.82) is 0 Å². The van der Waals surface area contributed by atoms with E-state index in [-0.39, 0.29) is 23.6 Å². The number of imidazole rings is 1. The monoisotopic (exact) mass is 474 g/mol. The number of benzene rings is 1. The maximum atomic E-state index is 13.0. The number of carbonyl (C=O) groups excluding carboxylic acids is 1. The van der Waals surface area contributed by atoms with Crippen LogP contribution in [0.5, 0.6) is 0 Å². The van der Waals surface area contributed by atoms with E-state index >= 15 is 0 Å². The molecule has 7 nitrogen and oxygen atoms in total. The minimum atomic E-state index is -4.50. The molecule has 33 heavy (non-hydrogen) atoms. The first-order valence-corrected chi connectivity index (χ1v) is 11.4. The lowest BCUT2D eigenvalue weighted by molar-refractivity contribution is -0.140. The average Bonchev–Trinajstić information content (AvgIpc) is 3.46. The fourth-order valence-corrected chi connectivity index (χ4v) is 5.13. The number of hydrazine groups is 1. The maximum Gasteiger partial charge on any atom is 0.434 e. The summed E-state index contributed by atoms with van der Waals surface area (Å²) in [5, 5.41) is 4.65. The van der Waals surface area contributed by atoms with Crippen molar-refractivity contribution in [3.63, 3.8) is 0 Å². The Hall–Kier alpha value is -3.18. The van der Waals surface area contributed by atoms with Gasteiger partial charge in [-0.1, -0.05) is 12.1 Å². The molecule has 5 rings (SSSR count). The number of halogens is 3. The van der Waals surface area contributed by atoms with Crippen molar-refractivity contribution >= 4 is 38.9 Å². The smallest absolute Gasteiger partial charge is 0.368 e. The summed E-state index contributed by atoms with van der Waals surface area (Å²) in [5.41, 5.74) is 2.34. The number of rotatable bonds is 4. The third kappa shape index (κ3) is 4.13. The van der Waals surface area contributed by atoms with Gasteiger partial charge in [0, 0.05) is 18.3 Å². The molecule has 1 amide bonds. The Labute approximate surface area is 191 Å². The molecule has 1 aromatic carbocycles. The predicted octanol–water partition coefficient (Wildman–Crippen LogP) is 4.70. The topological polar surface area (TPSA) is 88.5 Å². The summed E-state index contributed by atoms with van der Waals surface area (Å²) >= 11 is 1.41. The normalized spacial score (nSPS) is 19.2. The highest BCUT2D eigenvalue weighted by atomic mass is 32.1. The van der Waals surface area contributed by atoms with E-state index in [1.165, 1.54) is 20.7 Å². The van der Waals surface area contributed by atoms with Gasteiger partial charge in [0.25, 0.3) is 5.91 Å². The molecule has 0 spiro atoms. The lowest BCUT2D eigenvalue weighted by Crippen LogP contribution is -2.48. The van der Waals surface area contributed by atoms with Crippen LogP contribution in [0.2, 0.25) is 0 Å². The number of aromatic nitrogens is 3. The van der Waals surface area contributed by atoms with E-state index in [0.717, 1.165) is 29.3 Å². The van der Waals surface area contributed by atoms with Crippen molar-refractivity contribution < 1.29 is 18.0 Å². The third-order valence-corrected chi connectivity index (χ3v) is 6.92. The van der Waals surface area contributed by atoms with Crippen LogP contribution in [0.15, 0.2) is 48.1 Å². The van der Waals surface area contributed by atoms with E-state index in [0.29, 0.717) is 24.2 Å². The maximum absolute atomic E-state index is 13.0. The van der Waals surface area contributed by atoms with E-state index in [1.807, 2.05) is 6.07 Å². The van der Waals surface area contributed by atoms with Gasteiger partial charge in [-0.3, -0.25) is 14.2 Å². The number of carbonyl (C=O) groups is 1. The van der Waals surface area contributed by atoms with Gasteiger partial charge in [-0.2, -0.15) is 13.2 Å². The zero-order chi connectivity index (χ0) is 23.2. The fourth-order valence-electron chi connectivity index (χ4n) is 4.33. The van der Waals surface area contributed by atoms with E-state index in [9.17, 15) is 18.0 Å². The summed E-state index contributed by atoms with van der Waals surface area (Å²) in [6, 6.07) is 10.3. The second-order valence-corrected chi connectivity index (χ2v) is 8.99. The number of fused-ring (bicyclic) bond motifs is 2. The minimum Gasteiger partial charge on any atom is -0.368 e. The van der Waals surface area contributed by atoms with Gasteiger partial charge < -0.3 is 5.32 Å². The number of pyridine rings is 1. The highest BCUT2D eigenvalue weighted by molar-refractivity contribution is 7.17. The molecular formula is C22H21F3N6OS. The van der Waals surface area contributed by atoms with E-state index in [4.69, 9.17) is 5.84 Å². The van der Waals surface area contributed by atoms with Crippen molar-refractivity contribution in [2.24, 2.45) is 5.84 Å². The Morgan fingerprint density at radius 2 is 1.91 bits per heavy atom. The number of thiazole rings is 1. The molecule has 0 aliphatic heterocycles. The first-order valence-electron chi connectivity index (χ1n) is 10.5. The summed E-state index contributed by atoms with van der Waals surface area (Å²) in [6.07, 6.45) is -0.661. The highest BCUT2D eigenvalue weighted by Gasteiger charge is 2.34. The zero-order valence-corrected chi connectivity index (χ0v) is 18.2. The SMILES string of the molecule is NN(C(=O)c1cccc2ncsc12)C1CCC(Nc2cccc3nc(C(F)(F)F)cn23)CC1. The largest absolute Gasteiger partial charge is 0.434 e. The standard InChI is InChI=1S/C22H21F3N6OS/c23-22(24,25)17-11-30-18(5-2-6-19(30)29-17)28-13-7-9-14(10-8-13)31(26)21(32)15-3-1-4-16-20(15)33-12-27-16/h1-6,11-14,28H,7-10,26H2. The van der Waals surface area contributed by atoms with Gasteiger partial charge in [-0.05, 0) is 49.9 Å². The summed E-state index contributed by atoms with van der Waals surface area (Å²) in [7, 11) is 0. The van der Waals surface area contributed by atoms with E-state index in [2.05, 4.69) is 15.3 Å². The number of nitrogens with two attached hydrogens (primary N) is 1. The molecule has 0 unspecified atom stereocenters. The van der Waals surface area contributed by atoms with Crippen molar-refractivity contribution in [3.05, 3.63) is 59.4 Å². The van der Waals surface area contributed by atoms with Crippen molar-refractivity contribution in [1.82, 2.24) is 19.4 Å². The van der Waals surface area contributed by atoms with Crippen LogP contribution in [-0.2, 0) is 6.18 Å². The van der Waals surface area contributed by atoms with Gasteiger partial charge >= 0.3 is 6.18 Å². The van der Waals surface area contributed by atoms with Gasteiger partial charge in [0.1, 0.15) is 11.5 Å². The van der Waals surface area contributed by atoms with Crippen LogP contribution in [0.4, 0.5) is 19.0 Å². The Morgan fingerprint density at radius 1 is 1.15 bits per heavy atom. The second kappa shape index (κ2) is 8.31. The molecule has 4 aromatic rings. The van der Waals surface area contributed by atoms with Crippen LogP contribution in [-0.4, -0.2) is 37.4 Å². The number of amides is 1. The Bertz CT molecular complexity index is 1310. The molecule has 3 N–H and O–H groups in total. The minimum absolute atomic E-state index is 0.0528. The number of nitrogens with one attached hydrogen (secondary N) is 1. The van der Waals surface area contributed by atoms with Crippen molar-refractivity contribution in [3.8, 4) is 0 Å². The third-order valence-electron chi connectivity index (χ3n) is 6.05. The van der Waals surface area contributed by atoms with Gasteiger partial charge in [-0.15, -0.1) is 11.3 Å². The molecule has 172 valence electrons. The molecule has 3 heterocycles. The summed E-state index contributed by atoms with van der Waals surface area (Å²) in [4.78, 5) is 20.9. The molecule has 3 aromatic heterocycles. The lowest BCUT2D eigenvalue weighted by Gasteiger charge is -2.34. The van der Waals surface area contributed by atoms with Gasteiger partial charge in [0.2, 0.25) is 0 Å². The van der Waals surface area contributed by atoms with Gasteiger partial charge in [0.05, 0.1) is 21.3 Å². The fraction of sp³-hybridized carbons (Fsp3) is 0.318. The number of anilines is 1. The number of nitrogens with zero attached hydrogens (tertiary/aromatic N) is 4. The lowest BCUT2D eigenvalue weighted by atomic mass is 9.90. The van der Waals surface area contributed by atoms with E-state index < -0.39 is 11.9 Å². The van der Waals surface area contributed by atoms with Crippen LogP contribution in [0.25, 0.3) is 15.9 Å². The molecule has 1 aliphatic carbocycles. The Morgan fingerprint density at radius 3 is 2.67 bits per heavy atom. The second-order valence-electron chi connectivity index (χ2n) is 8.13. The Balaban J connectivity index is 1.25. The molecule has 0 bridgehead atoms. The summed E-state index contributed by atoms with van der Waals surface area (Å²) < 4.78 is 41.4. The number of hydrogen-bond donors (Lipinski definition) is 2. The first kappa shape index (κ1) is 21.7. The molecule has 0 radical (unpaired) electrons. The van der Waals surface area contributed by atoms with Crippen LogP contribution < -0.4 is 11.2 Å². The predicted molar refractivity (Wildman–Crippen MR) is 120 cm³/mol. The number of hydrogen-bond acceptors (Lipinski definition) is 6. The molecular weight excluding hydrogens is 453 g/mol. The quantitative estimate of drug-likeness (QED) is 0.254. The highest BCUT2D eigenvalue weighted by Crippen LogP contribution is 2.31. The van der Waals surface area contributed by atoms with Crippen LogP contribution in [0.3, 0.4) is 0 Å².